The lowest BCUT2D eigenvalue weighted by molar-refractivity contribution is 0.226. The van der Waals surface area contributed by atoms with E-state index in [2.05, 4.69) is 55.4 Å². The summed E-state index contributed by atoms with van der Waals surface area (Å²) in [7, 11) is 2.21. The van der Waals surface area contributed by atoms with Gasteiger partial charge < -0.3 is 10.2 Å². The molecule has 2 rings (SSSR count). The first-order valence-corrected chi connectivity index (χ1v) is 6.67. The normalized spacial score (nSPS) is 20.4. The van der Waals surface area contributed by atoms with E-state index >= 15 is 0 Å². The molecule has 0 amide bonds. The van der Waals surface area contributed by atoms with Gasteiger partial charge in [0.15, 0.2) is 0 Å². The maximum absolute atomic E-state index is 3.77. The zero-order valence-electron chi connectivity index (χ0n) is 11.2. The number of hydrogen-bond donors (Lipinski definition) is 1. The molecule has 2 nitrogen and oxygen atoms in total. The van der Waals surface area contributed by atoms with E-state index < -0.39 is 0 Å². The lowest BCUT2D eigenvalue weighted by Crippen LogP contribution is -2.41. The molecule has 0 saturated carbocycles. The summed E-state index contributed by atoms with van der Waals surface area (Å²) >= 11 is 0. The Morgan fingerprint density at radius 3 is 2.53 bits per heavy atom. The minimum atomic E-state index is 0.463. The highest BCUT2D eigenvalue weighted by atomic mass is 15.1. The van der Waals surface area contributed by atoms with Crippen molar-refractivity contribution < 1.29 is 0 Å². The number of nitrogens with one attached hydrogen (secondary N) is 1. The molecule has 2 heteroatoms. The van der Waals surface area contributed by atoms with E-state index in [0.29, 0.717) is 12.1 Å². The molecule has 0 spiro atoms. The Kier molecular flexibility index (Phi) is 4.19. The Bertz CT molecular complexity index is 354. The molecule has 0 unspecified atom stereocenters. The van der Waals surface area contributed by atoms with Crippen molar-refractivity contribution in [3.05, 3.63) is 35.4 Å². The van der Waals surface area contributed by atoms with Gasteiger partial charge in [0.1, 0.15) is 0 Å². The molecule has 1 saturated heterocycles. The average molecular weight is 232 g/mol. The molecule has 1 aromatic rings. The second kappa shape index (κ2) is 5.65. The van der Waals surface area contributed by atoms with E-state index in [4.69, 9.17) is 0 Å². The number of nitrogens with zero attached hydrogens (tertiary/aromatic N) is 1. The molecule has 0 radical (unpaired) electrons. The summed E-state index contributed by atoms with van der Waals surface area (Å²) in [5, 5.41) is 3.77. The summed E-state index contributed by atoms with van der Waals surface area (Å²) < 4.78 is 0. The maximum atomic E-state index is 3.77. The second-order valence-corrected chi connectivity index (χ2v) is 5.32. The Morgan fingerprint density at radius 2 is 1.88 bits per heavy atom. The van der Waals surface area contributed by atoms with Gasteiger partial charge in [-0.1, -0.05) is 24.3 Å². The van der Waals surface area contributed by atoms with Gasteiger partial charge >= 0.3 is 0 Å². The van der Waals surface area contributed by atoms with Crippen LogP contribution in [0.1, 0.15) is 36.9 Å². The van der Waals surface area contributed by atoms with Crippen LogP contribution >= 0.6 is 0 Å². The van der Waals surface area contributed by atoms with E-state index in [1.807, 2.05) is 0 Å². The van der Waals surface area contributed by atoms with Crippen molar-refractivity contribution in [3.63, 3.8) is 0 Å². The van der Waals surface area contributed by atoms with Crippen LogP contribution in [-0.4, -0.2) is 31.1 Å². The zero-order chi connectivity index (χ0) is 12.3. The molecular weight excluding hydrogens is 208 g/mol. The van der Waals surface area contributed by atoms with Gasteiger partial charge in [-0.3, -0.25) is 0 Å². The minimum absolute atomic E-state index is 0.463. The first kappa shape index (κ1) is 12.6. The quantitative estimate of drug-likeness (QED) is 0.862. The fourth-order valence-corrected chi connectivity index (χ4v) is 2.69. The van der Waals surface area contributed by atoms with Crippen LogP contribution in [0.4, 0.5) is 0 Å². The molecule has 1 aliphatic heterocycles. The summed E-state index contributed by atoms with van der Waals surface area (Å²) in [5.41, 5.74) is 2.83. The number of benzene rings is 1. The number of piperidine rings is 1. The molecular formula is C15H24N2. The summed E-state index contributed by atoms with van der Waals surface area (Å²) in [4.78, 5) is 2.41. The van der Waals surface area contributed by atoms with Gasteiger partial charge in [-0.15, -0.1) is 0 Å². The van der Waals surface area contributed by atoms with E-state index in [0.717, 1.165) is 0 Å². The molecule has 1 aromatic carbocycles. The highest BCUT2D eigenvalue weighted by Gasteiger charge is 2.19. The van der Waals surface area contributed by atoms with Crippen LogP contribution in [0.2, 0.25) is 0 Å². The van der Waals surface area contributed by atoms with Crippen LogP contribution in [0.5, 0.6) is 0 Å². The molecule has 17 heavy (non-hydrogen) atoms. The fourth-order valence-electron chi connectivity index (χ4n) is 2.69. The largest absolute Gasteiger partial charge is 0.307 e. The number of hydrogen-bond acceptors (Lipinski definition) is 2. The summed E-state index contributed by atoms with van der Waals surface area (Å²) in [6, 6.07) is 9.82. The van der Waals surface area contributed by atoms with E-state index in [9.17, 15) is 0 Å². The van der Waals surface area contributed by atoms with Crippen LogP contribution in [0.3, 0.4) is 0 Å². The van der Waals surface area contributed by atoms with Crippen molar-refractivity contribution >= 4 is 0 Å². The lowest BCUT2D eigenvalue weighted by atomic mass is 9.99. The van der Waals surface area contributed by atoms with E-state index in [1.165, 1.54) is 37.1 Å². The smallest absolute Gasteiger partial charge is 0.0296 e. The van der Waals surface area contributed by atoms with Crippen molar-refractivity contribution in [1.82, 2.24) is 10.2 Å². The van der Waals surface area contributed by atoms with Gasteiger partial charge in [0.2, 0.25) is 0 Å². The fraction of sp³-hybridized carbons (Fsp3) is 0.600. The third-order valence-corrected chi connectivity index (χ3v) is 3.86. The van der Waals surface area contributed by atoms with Gasteiger partial charge in [0.05, 0.1) is 0 Å². The number of rotatable bonds is 3. The maximum Gasteiger partial charge on any atom is 0.0296 e. The van der Waals surface area contributed by atoms with Crippen LogP contribution in [-0.2, 0) is 0 Å². The van der Waals surface area contributed by atoms with Gasteiger partial charge in [0, 0.05) is 12.1 Å². The molecule has 94 valence electrons. The van der Waals surface area contributed by atoms with Gasteiger partial charge in [-0.2, -0.15) is 0 Å². The monoisotopic (exact) mass is 232 g/mol. The standard InChI is InChI=1S/C15H24N2/c1-12-6-4-5-7-15(12)13(2)16-14-8-10-17(3)11-9-14/h4-7,13-14,16H,8-11H2,1-3H3/t13-/m0/s1. The average Bonchev–Trinajstić information content (AvgIpc) is 2.32. The van der Waals surface area contributed by atoms with E-state index in [-0.39, 0.29) is 0 Å². The van der Waals surface area contributed by atoms with Crippen molar-refractivity contribution in [1.29, 1.82) is 0 Å². The first-order chi connectivity index (χ1) is 8.16. The Morgan fingerprint density at radius 1 is 1.24 bits per heavy atom. The SMILES string of the molecule is Cc1ccccc1[C@H](C)NC1CCN(C)CC1. The third-order valence-electron chi connectivity index (χ3n) is 3.86. The summed E-state index contributed by atoms with van der Waals surface area (Å²) in [5.74, 6) is 0. The zero-order valence-corrected chi connectivity index (χ0v) is 11.2. The summed E-state index contributed by atoms with van der Waals surface area (Å²) in [6.45, 7) is 6.92. The van der Waals surface area contributed by atoms with Crippen LogP contribution in [0.25, 0.3) is 0 Å². The Labute approximate surface area is 105 Å². The second-order valence-electron chi connectivity index (χ2n) is 5.32. The highest BCUT2D eigenvalue weighted by molar-refractivity contribution is 5.28. The van der Waals surface area contributed by atoms with Crippen molar-refractivity contribution in [3.8, 4) is 0 Å². The van der Waals surface area contributed by atoms with Crippen LogP contribution in [0.15, 0.2) is 24.3 Å². The molecule has 1 N–H and O–H groups in total. The molecule has 1 heterocycles. The van der Waals surface area contributed by atoms with Crippen LogP contribution in [0, 0.1) is 6.92 Å². The Balaban J connectivity index is 1.93. The van der Waals surface area contributed by atoms with Crippen LogP contribution < -0.4 is 5.32 Å². The summed E-state index contributed by atoms with van der Waals surface area (Å²) in [6.07, 6.45) is 2.54. The molecule has 1 aliphatic rings. The molecule has 0 bridgehead atoms. The lowest BCUT2D eigenvalue weighted by Gasteiger charge is -2.32. The highest BCUT2D eigenvalue weighted by Crippen LogP contribution is 2.19. The van der Waals surface area contributed by atoms with Gasteiger partial charge in [0.25, 0.3) is 0 Å². The molecule has 1 atom stereocenters. The first-order valence-electron chi connectivity index (χ1n) is 6.67. The van der Waals surface area contributed by atoms with E-state index in [1.54, 1.807) is 0 Å². The number of likely N-dealkylation sites (tertiary alicyclic amines) is 1. The predicted octanol–water partition coefficient (Wildman–Crippen LogP) is 2.74. The topological polar surface area (TPSA) is 15.3 Å². The molecule has 0 aromatic heterocycles. The molecule has 0 aliphatic carbocycles. The Hall–Kier alpha value is -0.860. The minimum Gasteiger partial charge on any atom is -0.307 e. The molecule has 1 fully saturated rings. The van der Waals surface area contributed by atoms with Gasteiger partial charge in [-0.05, 0) is 58.0 Å². The van der Waals surface area contributed by atoms with Crippen molar-refractivity contribution in [2.24, 2.45) is 0 Å². The van der Waals surface area contributed by atoms with Crippen molar-refractivity contribution in [2.45, 2.75) is 38.8 Å². The predicted molar refractivity (Wildman–Crippen MR) is 73.2 cm³/mol. The van der Waals surface area contributed by atoms with Gasteiger partial charge in [-0.25, -0.2) is 0 Å². The third kappa shape index (κ3) is 3.30. The van der Waals surface area contributed by atoms with Crippen molar-refractivity contribution in [2.75, 3.05) is 20.1 Å². The number of aryl methyl sites for hydroxylation is 1.